The van der Waals surface area contributed by atoms with Crippen LogP contribution in [0.1, 0.15) is 23.6 Å². The minimum absolute atomic E-state index is 0.0485. The van der Waals surface area contributed by atoms with Crippen molar-refractivity contribution in [2.24, 2.45) is 0 Å². The second-order valence-electron chi connectivity index (χ2n) is 5.52. The van der Waals surface area contributed by atoms with E-state index in [-0.39, 0.29) is 11.9 Å². The molecule has 0 aromatic heterocycles. The molecule has 2 aliphatic heterocycles. The van der Waals surface area contributed by atoms with Crippen LogP contribution in [0.2, 0.25) is 0 Å². The Morgan fingerprint density at radius 3 is 2.60 bits per heavy atom. The van der Waals surface area contributed by atoms with E-state index < -0.39 is 5.41 Å². The van der Waals surface area contributed by atoms with Gasteiger partial charge >= 0.3 is 0 Å². The lowest BCUT2D eigenvalue weighted by Gasteiger charge is -2.29. The first-order valence-electron chi connectivity index (χ1n) is 7.02. The molecule has 0 saturated carbocycles. The maximum atomic E-state index is 12.7. The maximum absolute atomic E-state index is 12.7. The van der Waals surface area contributed by atoms with Gasteiger partial charge in [0.15, 0.2) is 0 Å². The third-order valence-electron chi connectivity index (χ3n) is 4.55. The van der Waals surface area contributed by atoms with Crippen molar-refractivity contribution in [1.29, 1.82) is 0 Å². The predicted molar refractivity (Wildman–Crippen MR) is 78.6 cm³/mol. The smallest absolute Gasteiger partial charge is 0.237 e. The minimum Gasteiger partial charge on any atom is -0.325 e. The summed E-state index contributed by atoms with van der Waals surface area (Å²) in [4.78, 5) is 12.7. The zero-order valence-electron chi connectivity index (χ0n) is 11.1. The van der Waals surface area contributed by atoms with Crippen molar-refractivity contribution in [3.8, 4) is 0 Å². The number of amides is 1. The molecule has 1 fully saturated rings. The molecular formula is C17H16N2O. The number of carbonyl (C=O) groups excluding carboxylic acids is 1. The van der Waals surface area contributed by atoms with Crippen molar-refractivity contribution in [3.63, 3.8) is 0 Å². The van der Waals surface area contributed by atoms with E-state index in [9.17, 15) is 4.79 Å². The Hall–Kier alpha value is -2.13. The van der Waals surface area contributed by atoms with Crippen molar-refractivity contribution < 1.29 is 4.79 Å². The Balaban J connectivity index is 1.89. The van der Waals surface area contributed by atoms with E-state index in [2.05, 4.69) is 28.8 Å². The van der Waals surface area contributed by atoms with Crippen LogP contribution < -0.4 is 10.6 Å². The molecule has 4 rings (SSSR count). The van der Waals surface area contributed by atoms with Crippen LogP contribution in [0.3, 0.4) is 0 Å². The van der Waals surface area contributed by atoms with Crippen molar-refractivity contribution in [2.75, 3.05) is 11.9 Å². The van der Waals surface area contributed by atoms with Gasteiger partial charge in [-0.05, 0) is 30.2 Å². The molecule has 0 radical (unpaired) electrons. The fourth-order valence-electron chi connectivity index (χ4n) is 3.65. The van der Waals surface area contributed by atoms with E-state index >= 15 is 0 Å². The largest absolute Gasteiger partial charge is 0.325 e. The maximum Gasteiger partial charge on any atom is 0.237 e. The van der Waals surface area contributed by atoms with Crippen LogP contribution in [0.4, 0.5) is 5.69 Å². The lowest BCUT2D eigenvalue weighted by Crippen LogP contribution is -2.39. The molecule has 0 unspecified atom stereocenters. The normalized spacial score (nSPS) is 27.6. The average molecular weight is 264 g/mol. The van der Waals surface area contributed by atoms with Gasteiger partial charge in [0.2, 0.25) is 5.91 Å². The Morgan fingerprint density at radius 2 is 1.75 bits per heavy atom. The zero-order chi connectivity index (χ0) is 13.6. The molecular weight excluding hydrogens is 248 g/mol. The summed E-state index contributed by atoms with van der Waals surface area (Å²) in [6.45, 7) is 0.862. The fraction of sp³-hybridized carbons (Fsp3) is 0.235. The summed E-state index contributed by atoms with van der Waals surface area (Å²) in [5.74, 6) is 0.123. The van der Waals surface area contributed by atoms with E-state index in [1.807, 2.05) is 36.4 Å². The molecule has 2 aliphatic rings. The second kappa shape index (κ2) is 4.18. The monoisotopic (exact) mass is 264 g/mol. The number of nitrogens with one attached hydrogen (secondary N) is 2. The SMILES string of the molecule is O=C1Nc2ccccc2[C@@]12CCN[C@@H]2c1ccccc1. The van der Waals surface area contributed by atoms with Crippen molar-refractivity contribution in [3.05, 3.63) is 65.7 Å². The lowest BCUT2D eigenvalue weighted by molar-refractivity contribution is -0.121. The van der Waals surface area contributed by atoms with Gasteiger partial charge in [0.05, 0.1) is 11.5 Å². The third kappa shape index (κ3) is 1.41. The molecule has 0 bridgehead atoms. The van der Waals surface area contributed by atoms with Gasteiger partial charge in [0, 0.05) is 5.69 Å². The molecule has 1 saturated heterocycles. The van der Waals surface area contributed by atoms with Gasteiger partial charge in [-0.1, -0.05) is 48.5 Å². The quantitative estimate of drug-likeness (QED) is 0.831. The second-order valence-corrected chi connectivity index (χ2v) is 5.52. The van der Waals surface area contributed by atoms with Crippen LogP contribution in [0, 0.1) is 0 Å². The van der Waals surface area contributed by atoms with Crippen LogP contribution in [-0.4, -0.2) is 12.5 Å². The Labute approximate surface area is 118 Å². The summed E-state index contributed by atoms with van der Waals surface area (Å²) in [6, 6.07) is 18.4. The van der Waals surface area contributed by atoms with Gasteiger partial charge in [0.25, 0.3) is 0 Å². The fourth-order valence-corrected chi connectivity index (χ4v) is 3.65. The van der Waals surface area contributed by atoms with Crippen molar-refractivity contribution in [2.45, 2.75) is 17.9 Å². The van der Waals surface area contributed by atoms with Gasteiger partial charge in [-0.25, -0.2) is 0 Å². The summed E-state index contributed by atoms with van der Waals surface area (Å²) >= 11 is 0. The number of benzene rings is 2. The predicted octanol–water partition coefficient (Wildman–Crippen LogP) is 2.61. The summed E-state index contributed by atoms with van der Waals surface area (Å²) < 4.78 is 0. The Morgan fingerprint density at radius 1 is 1.00 bits per heavy atom. The molecule has 100 valence electrons. The van der Waals surface area contributed by atoms with Crippen LogP contribution in [-0.2, 0) is 10.2 Å². The van der Waals surface area contributed by atoms with Crippen LogP contribution in [0.15, 0.2) is 54.6 Å². The Kier molecular flexibility index (Phi) is 2.44. The highest BCUT2D eigenvalue weighted by Gasteiger charge is 2.55. The van der Waals surface area contributed by atoms with Crippen molar-refractivity contribution in [1.82, 2.24) is 5.32 Å². The number of fused-ring (bicyclic) bond motifs is 2. The summed E-state index contributed by atoms with van der Waals surface area (Å²) in [7, 11) is 0. The average Bonchev–Trinajstić information content (AvgIpc) is 3.05. The third-order valence-corrected chi connectivity index (χ3v) is 4.55. The number of hydrogen-bond acceptors (Lipinski definition) is 2. The number of anilines is 1. The van der Waals surface area contributed by atoms with Gasteiger partial charge in [-0.3, -0.25) is 4.79 Å². The molecule has 1 spiro atoms. The van der Waals surface area contributed by atoms with Crippen LogP contribution in [0.25, 0.3) is 0 Å². The standard InChI is InChI=1S/C17H16N2O/c20-16-17(13-8-4-5-9-14(13)19-16)10-11-18-15(17)12-6-2-1-3-7-12/h1-9,15,18H,10-11H2,(H,19,20)/t15-,17-/m1/s1. The van der Waals surface area contributed by atoms with Crippen molar-refractivity contribution >= 4 is 11.6 Å². The minimum atomic E-state index is -0.460. The first-order chi connectivity index (χ1) is 9.82. The molecule has 2 N–H and O–H groups in total. The van der Waals surface area contributed by atoms with Crippen LogP contribution in [0.5, 0.6) is 0 Å². The van der Waals surface area contributed by atoms with E-state index in [1.54, 1.807) is 0 Å². The van der Waals surface area contributed by atoms with E-state index in [1.165, 1.54) is 5.56 Å². The van der Waals surface area contributed by atoms with Gasteiger partial charge in [0.1, 0.15) is 0 Å². The highest BCUT2D eigenvalue weighted by Crippen LogP contribution is 2.50. The molecule has 3 nitrogen and oxygen atoms in total. The number of carbonyl (C=O) groups is 1. The van der Waals surface area contributed by atoms with E-state index in [0.29, 0.717) is 0 Å². The lowest BCUT2D eigenvalue weighted by atomic mass is 9.73. The first kappa shape index (κ1) is 11.7. The summed E-state index contributed by atoms with van der Waals surface area (Å²) in [6.07, 6.45) is 0.843. The topological polar surface area (TPSA) is 41.1 Å². The van der Waals surface area contributed by atoms with Gasteiger partial charge in [-0.2, -0.15) is 0 Å². The molecule has 1 amide bonds. The highest BCUT2D eigenvalue weighted by atomic mass is 16.2. The summed E-state index contributed by atoms with van der Waals surface area (Å²) in [5, 5.41) is 6.57. The van der Waals surface area contributed by atoms with Gasteiger partial charge < -0.3 is 10.6 Å². The highest BCUT2D eigenvalue weighted by molar-refractivity contribution is 6.07. The number of para-hydroxylation sites is 1. The molecule has 3 heteroatoms. The molecule has 2 heterocycles. The number of rotatable bonds is 1. The molecule has 0 aliphatic carbocycles. The van der Waals surface area contributed by atoms with E-state index in [4.69, 9.17) is 0 Å². The molecule has 2 aromatic rings. The summed E-state index contributed by atoms with van der Waals surface area (Å²) in [5.41, 5.74) is 2.81. The molecule has 2 aromatic carbocycles. The first-order valence-corrected chi connectivity index (χ1v) is 7.02. The number of hydrogen-bond donors (Lipinski definition) is 2. The van der Waals surface area contributed by atoms with Crippen LogP contribution >= 0.6 is 0 Å². The zero-order valence-corrected chi connectivity index (χ0v) is 11.1. The van der Waals surface area contributed by atoms with E-state index in [0.717, 1.165) is 24.2 Å². The molecule has 2 atom stereocenters. The molecule has 20 heavy (non-hydrogen) atoms. The van der Waals surface area contributed by atoms with Gasteiger partial charge in [-0.15, -0.1) is 0 Å². The Bertz CT molecular complexity index is 668.